The first-order chi connectivity index (χ1) is 10.1. The molecule has 0 bridgehead atoms. The van der Waals surface area contributed by atoms with Crippen LogP contribution >= 0.6 is 0 Å². The van der Waals surface area contributed by atoms with Gasteiger partial charge in [-0.05, 0) is 19.4 Å². The number of nitrogens with one attached hydrogen (secondary N) is 1. The zero-order valence-electron chi connectivity index (χ0n) is 13.4. The summed E-state index contributed by atoms with van der Waals surface area (Å²) < 4.78 is 5.41. The van der Waals surface area contributed by atoms with Crippen molar-refractivity contribution in [3.63, 3.8) is 0 Å². The smallest absolute Gasteiger partial charge is 0.234 e. The zero-order chi connectivity index (χ0) is 15.2. The SMILES string of the molecule is CC(C)NC(CCN1CCC(N2CCOCC2)C1)C(N)=O. The summed E-state index contributed by atoms with van der Waals surface area (Å²) in [6.07, 6.45) is 2.02. The van der Waals surface area contributed by atoms with Gasteiger partial charge >= 0.3 is 0 Å². The summed E-state index contributed by atoms with van der Waals surface area (Å²) in [7, 11) is 0. The van der Waals surface area contributed by atoms with Crippen molar-refractivity contribution >= 4 is 5.91 Å². The molecular formula is C15H30N4O2. The second-order valence-electron chi connectivity index (χ2n) is 6.46. The molecule has 3 N–H and O–H groups in total. The van der Waals surface area contributed by atoms with Crippen LogP contribution in [0.15, 0.2) is 0 Å². The van der Waals surface area contributed by atoms with Gasteiger partial charge in [0.2, 0.25) is 5.91 Å². The van der Waals surface area contributed by atoms with E-state index in [0.717, 1.165) is 52.4 Å². The second-order valence-corrected chi connectivity index (χ2v) is 6.46. The minimum Gasteiger partial charge on any atom is -0.379 e. The van der Waals surface area contributed by atoms with Gasteiger partial charge in [-0.25, -0.2) is 0 Å². The Morgan fingerprint density at radius 3 is 2.67 bits per heavy atom. The van der Waals surface area contributed by atoms with E-state index in [0.29, 0.717) is 6.04 Å². The molecule has 2 fully saturated rings. The van der Waals surface area contributed by atoms with Gasteiger partial charge < -0.3 is 20.7 Å². The number of hydrogen-bond acceptors (Lipinski definition) is 5. The molecule has 0 aliphatic carbocycles. The maximum absolute atomic E-state index is 11.5. The molecule has 0 aromatic carbocycles. The van der Waals surface area contributed by atoms with E-state index in [1.54, 1.807) is 0 Å². The minimum absolute atomic E-state index is 0.215. The minimum atomic E-state index is -0.243. The summed E-state index contributed by atoms with van der Waals surface area (Å²) in [6.45, 7) is 11.1. The highest BCUT2D eigenvalue weighted by Gasteiger charge is 2.29. The van der Waals surface area contributed by atoms with Gasteiger partial charge in [-0.15, -0.1) is 0 Å². The normalized spacial score (nSPS) is 26.3. The number of rotatable bonds is 7. The van der Waals surface area contributed by atoms with Crippen LogP contribution < -0.4 is 11.1 Å². The monoisotopic (exact) mass is 298 g/mol. The van der Waals surface area contributed by atoms with Gasteiger partial charge in [0.1, 0.15) is 0 Å². The molecular weight excluding hydrogens is 268 g/mol. The van der Waals surface area contributed by atoms with Crippen LogP contribution in [-0.2, 0) is 9.53 Å². The van der Waals surface area contributed by atoms with Gasteiger partial charge in [0, 0.05) is 38.3 Å². The summed E-state index contributed by atoms with van der Waals surface area (Å²) in [6, 6.07) is 0.716. The van der Waals surface area contributed by atoms with Crippen molar-refractivity contribution in [3.8, 4) is 0 Å². The number of morpholine rings is 1. The fourth-order valence-corrected chi connectivity index (χ4v) is 3.28. The zero-order valence-corrected chi connectivity index (χ0v) is 13.4. The lowest BCUT2D eigenvalue weighted by Gasteiger charge is -2.32. The molecule has 0 aromatic heterocycles. The molecule has 2 saturated heterocycles. The quantitative estimate of drug-likeness (QED) is 0.671. The van der Waals surface area contributed by atoms with Crippen molar-refractivity contribution in [3.05, 3.63) is 0 Å². The van der Waals surface area contributed by atoms with E-state index in [-0.39, 0.29) is 18.0 Å². The van der Waals surface area contributed by atoms with Crippen LogP contribution in [0.5, 0.6) is 0 Å². The van der Waals surface area contributed by atoms with Crippen molar-refractivity contribution in [2.45, 2.75) is 44.8 Å². The lowest BCUT2D eigenvalue weighted by Crippen LogP contribution is -2.47. The summed E-state index contributed by atoms with van der Waals surface area (Å²) >= 11 is 0. The molecule has 0 spiro atoms. The highest BCUT2D eigenvalue weighted by molar-refractivity contribution is 5.79. The summed E-state index contributed by atoms with van der Waals surface area (Å²) in [4.78, 5) is 16.5. The molecule has 122 valence electrons. The molecule has 2 heterocycles. The molecule has 2 aliphatic heterocycles. The van der Waals surface area contributed by atoms with Crippen LogP contribution in [0.3, 0.4) is 0 Å². The van der Waals surface area contributed by atoms with Crippen molar-refractivity contribution in [1.82, 2.24) is 15.1 Å². The molecule has 1 amide bonds. The van der Waals surface area contributed by atoms with Crippen LogP contribution in [0.25, 0.3) is 0 Å². The maximum atomic E-state index is 11.5. The topological polar surface area (TPSA) is 70.8 Å². The van der Waals surface area contributed by atoms with E-state index >= 15 is 0 Å². The molecule has 2 atom stereocenters. The lowest BCUT2D eigenvalue weighted by molar-refractivity contribution is -0.120. The first-order valence-electron chi connectivity index (χ1n) is 8.15. The molecule has 0 radical (unpaired) electrons. The predicted molar refractivity (Wildman–Crippen MR) is 83.1 cm³/mol. The highest BCUT2D eigenvalue weighted by atomic mass is 16.5. The Labute approximate surface area is 128 Å². The number of ether oxygens (including phenoxy) is 1. The van der Waals surface area contributed by atoms with E-state index < -0.39 is 0 Å². The Morgan fingerprint density at radius 2 is 2.05 bits per heavy atom. The fraction of sp³-hybridized carbons (Fsp3) is 0.933. The fourth-order valence-electron chi connectivity index (χ4n) is 3.28. The molecule has 0 aromatic rings. The van der Waals surface area contributed by atoms with Crippen molar-refractivity contribution < 1.29 is 9.53 Å². The van der Waals surface area contributed by atoms with Gasteiger partial charge in [-0.2, -0.15) is 0 Å². The number of nitrogens with two attached hydrogens (primary N) is 1. The van der Waals surface area contributed by atoms with E-state index in [1.807, 2.05) is 13.8 Å². The third-order valence-electron chi connectivity index (χ3n) is 4.42. The van der Waals surface area contributed by atoms with E-state index in [9.17, 15) is 4.79 Å². The highest BCUT2D eigenvalue weighted by Crippen LogP contribution is 2.17. The number of hydrogen-bond donors (Lipinski definition) is 2. The Balaban J connectivity index is 1.72. The number of amides is 1. The maximum Gasteiger partial charge on any atom is 0.234 e. The standard InChI is InChI=1S/C15H30N4O2/c1-12(2)17-14(15(16)20)4-6-18-5-3-13(11-18)19-7-9-21-10-8-19/h12-14,17H,3-11H2,1-2H3,(H2,16,20). The van der Waals surface area contributed by atoms with Gasteiger partial charge in [0.15, 0.2) is 0 Å². The average molecular weight is 298 g/mol. The Morgan fingerprint density at radius 1 is 1.33 bits per heavy atom. The molecule has 2 rings (SSSR count). The van der Waals surface area contributed by atoms with E-state index in [4.69, 9.17) is 10.5 Å². The molecule has 2 unspecified atom stereocenters. The van der Waals surface area contributed by atoms with Gasteiger partial charge in [-0.3, -0.25) is 9.69 Å². The van der Waals surface area contributed by atoms with Crippen molar-refractivity contribution in [2.24, 2.45) is 5.73 Å². The summed E-state index contributed by atoms with van der Waals surface area (Å²) in [5.41, 5.74) is 5.47. The predicted octanol–water partition coefficient (Wildman–Crippen LogP) is -0.365. The lowest BCUT2D eigenvalue weighted by atomic mass is 10.1. The Kier molecular flexibility index (Phi) is 6.41. The average Bonchev–Trinajstić information content (AvgIpc) is 2.92. The molecule has 21 heavy (non-hydrogen) atoms. The van der Waals surface area contributed by atoms with Gasteiger partial charge in [0.05, 0.1) is 19.3 Å². The Bertz CT molecular complexity index is 332. The van der Waals surface area contributed by atoms with E-state index in [2.05, 4.69) is 15.1 Å². The third-order valence-corrected chi connectivity index (χ3v) is 4.42. The van der Waals surface area contributed by atoms with Crippen LogP contribution in [-0.4, -0.2) is 79.8 Å². The van der Waals surface area contributed by atoms with Gasteiger partial charge in [0.25, 0.3) is 0 Å². The molecule has 2 aliphatic rings. The first-order valence-corrected chi connectivity index (χ1v) is 8.15. The summed E-state index contributed by atoms with van der Waals surface area (Å²) in [5, 5.41) is 3.25. The first kappa shape index (κ1) is 16.7. The van der Waals surface area contributed by atoms with Crippen LogP contribution in [0.4, 0.5) is 0 Å². The number of primary amides is 1. The Hall–Kier alpha value is -0.690. The second kappa shape index (κ2) is 8.08. The third kappa shape index (κ3) is 5.21. The molecule has 0 saturated carbocycles. The number of carbonyl (C=O) groups excluding carboxylic acids is 1. The van der Waals surface area contributed by atoms with Crippen molar-refractivity contribution in [2.75, 3.05) is 45.9 Å². The largest absolute Gasteiger partial charge is 0.379 e. The van der Waals surface area contributed by atoms with Crippen LogP contribution in [0, 0.1) is 0 Å². The van der Waals surface area contributed by atoms with Crippen LogP contribution in [0.2, 0.25) is 0 Å². The molecule has 6 nitrogen and oxygen atoms in total. The summed E-state index contributed by atoms with van der Waals surface area (Å²) in [5.74, 6) is -0.243. The molecule has 6 heteroatoms. The van der Waals surface area contributed by atoms with Crippen molar-refractivity contribution in [1.29, 1.82) is 0 Å². The number of likely N-dealkylation sites (tertiary alicyclic amines) is 1. The van der Waals surface area contributed by atoms with Crippen LogP contribution in [0.1, 0.15) is 26.7 Å². The number of nitrogens with zero attached hydrogens (tertiary/aromatic N) is 2. The number of carbonyl (C=O) groups is 1. The van der Waals surface area contributed by atoms with E-state index in [1.165, 1.54) is 6.42 Å². The van der Waals surface area contributed by atoms with Gasteiger partial charge in [-0.1, -0.05) is 13.8 Å².